The highest BCUT2D eigenvalue weighted by atomic mass is 19.3. The van der Waals surface area contributed by atoms with Crippen LogP contribution in [0.15, 0.2) is 48.5 Å². The third-order valence-corrected chi connectivity index (χ3v) is 2.83. The highest BCUT2D eigenvalue weighted by Gasteiger charge is 2.05. The fourth-order valence-electron chi connectivity index (χ4n) is 1.75. The Hall–Kier alpha value is -1.94. The van der Waals surface area contributed by atoms with Crippen LogP contribution in [0.5, 0.6) is 5.75 Å². The van der Waals surface area contributed by atoms with E-state index in [1.54, 1.807) is 24.3 Å². The van der Waals surface area contributed by atoms with Gasteiger partial charge in [-0.2, -0.15) is 0 Å². The summed E-state index contributed by atoms with van der Waals surface area (Å²) < 4.78 is 24.7. The Morgan fingerprint density at radius 3 is 1.79 bits per heavy atom. The molecule has 0 amide bonds. The van der Waals surface area contributed by atoms with Crippen molar-refractivity contribution in [2.45, 2.75) is 19.5 Å². The molecule has 0 spiro atoms. The predicted molar refractivity (Wildman–Crippen MR) is 70.0 cm³/mol. The van der Waals surface area contributed by atoms with Gasteiger partial charge in [0.2, 0.25) is 0 Å². The van der Waals surface area contributed by atoms with E-state index in [0.29, 0.717) is 13.1 Å². The molecule has 0 bridgehead atoms. The fourth-order valence-corrected chi connectivity index (χ4v) is 1.75. The molecule has 0 aliphatic heterocycles. The molecule has 0 unspecified atom stereocenters. The Balaban J connectivity index is 1.83. The number of halogens is 2. The summed E-state index contributed by atoms with van der Waals surface area (Å²) in [5.41, 5.74) is 2.06. The lowest BCUT2D eigenvalue weighted by atomic mass is 10.1. The van der Waals surface area contributed by atoms with Gasteiger partial charge in [-0.1, -0.05) is 36.4 Å². The van der Waals surface area contributed by atoms with Crippen molar-refractivity contribution >= 4 is 0 Å². The highest BCUT2D eigenvalue weighted by Crippen LogP contribution is 2.18. The lowest BCUT2D eigenvalue weighted by Crippen LogP contribution is -2.12. The van der Waals surface area contributed by atoms with Crippen LogP contribution in [0.4, 0.5) is 8.78 Å². The molecule has 0 atom stereocenters. The number of alkyl halides is 2. The van der Waals surface area contributed by atoms with Crippen LogP contribution >= 0.6 is 0 Å². The summed E-state index contributed by atoms with van der Waals surface area (Å²) in [6.07, 6.45) is -2.42. The largest absolute Gasteiger partial charge is 0.508 e. The zero-order valence-corrected chi connectivity index (χ0v) is 10.3. The van der Waals surface area contributed by atoms with E-state index in [-0.39, 0.29) is 11.3 Å². The maximum Gasteiger partial charge on any atom is 0.263 e. The summed E-state index contributed by atoms with van der Waals surface area (Å²) >= 11 is 0. The van der Waals surface area contributed by atoms with Gasteiger partial charge in [0.05, 0.1) is 0 Å². The SMILES string of the molecule is Oc1ccc(CNCc2ccc(C(F)F)cc2)cc1. The molecule has 0 aliphatic carbocycles. The molecule has 0 aromatic heterocycles. The first-order chi connectivity index (χ1) is 9.15. The van der Waals surface area contributed by atoms with Crippen LogP contribution in [0.3, 0.4) is 0 Å². The molecular weight excluding hydrogens is 248 g/mol. The Labute approximate surface area is 110 Å². The van der Waals surface area contributed by atoms with Crippen LogP contribution in [-0.2, 0) is 13.1 Å². The summed E-state index contributed by atoms with van der Waals surface area (Å²) in [5, 5.41) is 12.4. The van der Waals surface area contributed by atoms with E-state index in [4.69, 9.17) is 5.11 Å². The van der Waals surface area contributed by atoms with Gasteiger partial charge in [0.15, 0.2) is 0 Å². The summed E-state index contributed by atoms with van der Waals surface area (Å²) in [4.78, 5) is 0. The normalized spacial score (nSPS) is 10.9. The molecule has 2 aromatic carbocycles. The second kappa shape index (κ2) is 6.29. The number of nitrogens with one attached hydrogen (secondary N) is 1. The molecule has 0 saturated heterocycles. The molecular formula is C15H15F2NO. The minimum atomic E-state index is -2.42. The Morgan fingerprint density at radius 2 is 1.32 bits per heavy atom. The van der Waals surface area contributed by atoms with Crippen molar-refractivity contribution in [1.29, 1.82) is 0 Å². The molecule has 0 radical (unpaired) electrons. The molecule has 4 heteroatoms. The lowest BCUT2D eigenvalue weighted by molar-refractivity contribution is 0.151. The van der Waals surface area contributed by atoms with E-state index < -0.39 is 6.43 Å². The molecule has 0 aliphatic rings. The topological polar surface area (TPSA) is 32.3 Å². The number of hydrogen-bond acceptors (Lipinski definition) is 2. The van der Waals surface area contributed by atoms with Crippen LogP contribution in [0, 0.1) is 0 Å². The van der Waals surface area contributed by atoms with Gasteiger partial charge >= 0.3 is 0 Å². The van der Waals surface area contributed by atoms with E-state index in [0.717, 1.165) is 11.1 Å². The van der Waals surface area contributed by atoms with Crippen molar-refractivity contribution in [2.24, 2.45) is 0 Å². The molecule has 0 saturated carbocycles. The molecule has 2 nitrogen and oxygen atoms in total. The minimum absolute atomic E-state index is 0.0438. The van der Waals surface area contributed by atoms with Gasteiger partial charge in [-0.15, -0.1) is 0 Å². The molecule has 2 aromatic rings. The maximum absolute atomic E-state index is 12.4. The van der Waals surface area contributed by atoms with Gasteiger partial charge in [0.1, 0.15) is 5.75 Å². The molecule has 19 heavy (non-hydrogen) atoms. The van der Waals surface area contributed by atoms with Crippen molar-refractivity contribution < 1.29 is 13.9 Å². The van der Waals surface area contributed by atoms with Crippen LogP contribution in [0.1, 0.15) is 23.1 Å². The first kappa shape index (κ1) is 13.5. The van der Waals surface area contributed by atoms with Gasteiger partial charge < -0.3 is 10.4 Å². The van der Waals surface area contributed by atoms with Crippen molar-refractivity contribution in [3.63, 3.8) is 0 Å². The number of benzene rings is 2. The van der Waals surface area contributed by atoms with E-state index in [1.807, 2.05) is 12.1 Å². The van der Waals surface area contributed by atoms with E-state index >= 15 is 0 Å². The number of rotatable bonds is 5. The smallest absolute Gasteiger partial charge is 0.263 e. The maximum atomic E-state index is 12.4. The average Bonchev–Trinajstić information content (AvgIpc) is 2.41. The molecule has 2 N–H and O–H groups in total. The number of phenolic OH excluding ortho intramolecular Hbond substituents is 1. The van der Waals surface area contributed by atoms with Gasteiger partial charge in [-0.3, -0.25) is 0 Å². The summed E-state index contributed by atoms with van der Waals surface area (Å²) in [5.74, 6) is 0.242. The molecule has 0 heterocycles. The second-order valence-corrected chi connectivity index (χ2v) is 4.31. The predicted octanol–water partition coefficient (Wildman–Crippen LogP) is 3.62. The lowest BCUT2D eigenvalue weighted by Gasteiger charge is -2.06. The Bertz CT molecular complexity index is 509. The van der Waals surface area contributed by atoms with Crippen LogP contribution in [0.2, 0.25) is 0 Å². The quantitative estimate of drug-likeness (QED) is 0.863. The standard InChI is InChI=1S/C15H15F2NO/c16-15(17)13-5-1-11(2-6-13)9-18-10-12-3-7-14(19)8-4-12/h1-8,15,18-19H,9-10H2. The monoisotopic (exact) mass is 263 g/mol. The zero-order chi connectivity index (χ0) is 13.7. The van der Waals surface area contributed by atoms with E-state index in [1.165, 1.54) is 12.1 Å². The Morgan fingerprint density at radius 1 is 0.842 bits per heavy atom. The van der Waals surface area contributed by atoms with E-state index in [9.17, 15) is 8.78 Å². The van der Waals surface area contributed by atoms with Gasteiger partial charge in [0, 0.05) is 18.7 Å². The third-order valence-electron chi connectivity index (χ3n) is 2.83. The van der Waals surface area contributed by atoms with E-state index in [2.05, 4.69) is 5.32 Å². The van der Waals surface area contributed by atoms with Crippen molar-refractivity contribution in [1.82, 2.24) is 5.32 Å². The van der Waals surface area contributed by atoms with Gasteiger partial charge in [0.25, 0.3) is 6.43 Å². The average molecular weight is 263 g/mol. The van der Waals surface area contributed by atoms with Crippen LogP contribution in [-0.4, -0.2) is 5.11 Å². The molecule has 2 rings (SSSR count). The van der Waals surface area contributed by atoms with Crippen molar-refractivity contribution in [3.05, 3.63) is 65.2 Å². The third kappa shape index (κ3) is 4.03. The number of aromatic hydroxyl groups is 1. The summed E-state index contributed by atoms with van der Waals surface area (Å²) in [7, 11) is 0. The molecule has 100 valence electrons. The zero-order valence-electron chi connectivity index (χ0n) is 10.3. The van der Waals surface area contributed by atoms with Crippen LogP contribution in [0.25, 0.3) is 0 Å². The molecule has 0 fully saturated rings. The van der Waals surface area contributed by atoms with Crippen molar-refractivity contribution in [3.8, 4) is 5.75 Å². The minimum Gasteiger partial charge on any atom is -0.508 e. The first-order valence-corrected chi connectivity index (χ1v) is 6.01. The van der Waals surface area contributed by atoms with Crippen LogP contribution < -0.4 is 5.32 Å². The first-order valence-electron chi connectivity index (χ1n) is 6.01. The van der Waals surface area contributed by atoms with Crippen molar-refractivity contribution in [2.75, 3.05) is 0 Å². The Kier molecular flexibility index (Phi) is 4.47. The summed E-state index contributed by atoms with van der Waals surface area (Å²) in [6.45, 7) is 1.28. The highest BCUT2D eigenvalue weighted by molar-refractivity contribution is 5.26. The van der Waals surface area contributed by atoms with Gasteiger partial charge in [-0.05, 0) is 23.3 Å². The summed E-state index contributed by atoms with van der Waals surface area (Å²) in [6, 6.07) is 13.2. The fraction of sp³-hybridized carbons (Fsp3) is 0.200. The number of phenols is 1. The number of hydrogen-bond donors (Lipinski definition) is 2. The van der Waals surface area contributed by atoms with Gasteiger partial charge in [-0.25, -0.2) is 8.78 Å². The second-order valence-electron chi connectivity index (χ2n) is 4.31.